The van der Waals surface area contributed by atoms with Gasteiger partial charge in [0.2, 0.25) is 5.91 Å². The molecule has 1 aliphatic carbocycles. The van der Waals surface area contributed by atoms with Crippen LogP contribution in [0.25, 0.3) is 0 Å². The molecular weight excluding hydrogens is 444 g/mol. The van der Waals surface area contributed by atoms with Crippen LogP contribution in [-0.2, 0) is 9.59 Å². The summed E-state index contributed by atoms with van der Waals surface area (Å²) < 4.78 is 6.39. The third-order valence-electron chi connectivity index (χ3n) is 5.68. The first-order valence-corrected chi connectivity index (χ1v) is 11.0. The van der Waals surface area contributed by atoms with E-state index >= 15 is 0 Å². The van der Waals surface area contributed by atoms with E-state index in [2.05, 4.69) is 34.8 Å². The Balaban J connectivity index is 1.82. The highest BCUT2D eigenvalue weighted by Crippen LogP contribution is 2.48. The fourth-order valence-electron chi connectivity index (χ4n) is 4.43. The average Bonchev–Trinajstić information content (AvgIpc) is 2.68. The Morgan fingerprint density at radius 2 is 1.87 bits per heavy atom. The number of hydrogen-bond acceptors (Lipinski definition) is 4. The molecule has 1 amide bonds. The molecule has 156 valence electrons. The Morgan fingerprint density at radius 1 is 1.13 bits per heavy atom. The van der Waals surface area contributed by atoms with Gasteiger partial charge < -0.3 is 4.74 Å². The van der Waals surface area contributed by atoms with Crippen molar-refractivity contribution in [3.05, 3.63) is 63.9 Å². The largest absolute Gasteiger partial charge is 0.494 e. The quantitative estimate of drug-likeness (QED) is 0.601. The number of halogens is 1. The molecule has 0 fully saturated rings. The summed E-state index contributed by atoms with van der Waals surface area (Å²) in [6.45, 7) is 6.69. The number of hydrogen-bond donors (Lipinski definition) is 0. The highest BCUT2D eigenvalue weighted by atomic mass is 79.9. The first-order valence-electron chi connectivity index (χ1n) is 10.2. The molecule has 1 aromatic heterocycles. The predicted octanol–water partition coefficient (Wildman–Crippen LogP) is 5.41. The second-order valence-electron chi connectivity index (χ2n) is 8.62. The van der Waals surface area contributed by atoms with E-state index < -0.39 is 0 Å². The van der Waals surface area contributed by atoms with Crippen LogP contribution in [-0.4, -0.2) is 23.3 Å². The van der Waals surface area contributed by atoms with Gasteiger partial charge in [-0.1, -0.05) is 26.0 Å². The fraction of sp³-hybridized carbons (Fsp3) is 0.375. The van der Waals surface area contributed by atoms with Gasteiger partial charge in [0, 0.05) is 40.7 Å². The number of anilines is 1. The number of carbonyl (C=O) groups excluding carboxylic acids is 2. The Labute approximate surface area is 185 Å². The number of ether oxygens (including phenoxy) is 1. The van der Waals surface area contributed by atoms with Crippen LogP contribution in [0.15, 0.2) is 58.3 Å². The summed E-state index contributed by atoms with van der Waals surface area (Å²) in [5.41, 5.74) is 2.31. The lowest BCUT2D eigenvalue weighted by Crippen LogP contribution is -2.44. The maximum absolute atomic E-state index is 13.3. The highest BCUT2D eigenvalue weighted by Gasteiger charge is 2.44. The molecule has 0 N–H and O–H groups in total. The molecule has 5 nitrogen and oxygen atoms in total. The summed E-state index contributed by atoms with van der Waals surface area (Å²) in [7, 11) is 0. The number of benzene rings is 1. The molecule has 1 atom stereocenters. The molecule has 0 radical (unpaired) electrons. The normalized spacial score (nSPS) is 20.9. The number of aromatic nitrogens is 1. The summed E-state index contributed by atoms with van der Waals surface area (Å²) in [5, 5.41) is 0. The lowest BCUT2D eigenvalue weighted by molar-refractivity contribution is -0.121. The van der Waals surface area contributed by atoms with E-state index in [1.807, 2.05) is 43.3 Å². The van der Waals surface area contributed by atoms with Crippen molar-refractivity contribution in [3.8, 4) is 5.75 Å². The van der Waals surface area contributed by atoms with E-state index in [-0.39, 0.29) is 29.4 Å². The molecule has 2 aliphatic rings. The molecule has 1 unspecified atom stereocenters. The number of pyridine rings is 1. The number of amides is 1. The number of rotatable bonds is 4. The Kier molecular flexibility index (Phi) is 5.53. The van der Waals surface area contributed by atoms with E-state index in [1.165, 1.54) is 0 Å². The lowest BCUT2D eigenvalue weighted by Gasteiger charge is -2.42. The summed E-state index contributed by atoms with van der Waals surface area (Å²) in [6.07, 6.45) is 3.06. The minimum absolute atomic E-state index is 0.0343. The fourth-order valence-corrected chi connectivity index (χ4v) is 4.66. The van der Waals surface area contributed by atoms with Crippen molar-refractivity contribution >= 4 is 33.4 Å². The van der Waals surface area contributed by atoms with Gasteiger partial charge in [-0.2, -0.15) is 0 Å². The monoisotopic (exact) mass is 468 g/mol. The molecule has 0 saturated heterocycles. The van der Waals surface area contributed by atoms with Gasteiger partial charge in [0.1, 0.15) is 11.6 Å². The topological polar surface area (TPSA) is 59.5 Å². The molecule has 1 aliphatic heterocycles. The second-order valence-corrected chi connectivity index (χ2v) is 9.54. The molecular formula is C24H25BrN2O3. The zero-order chi connectivity index (χ0) is 21.5. The predicted molar refractivity (Wildman–Crippen MR) is 119 cm³/mol. The molecule has 1 aromatic carbocycles. The van der Waals surface area contributed by atoms with Gasteiger partial charge in [0.15, 0.2) is 5.78 Å². The van der Waals surface area contributed by atoms with Crippen molar-refractivity contribution in [3.63, 3.8) is 0 Å². The van der Waals surface area contributed by atoms with Crippen molar-refractivity contribution in [1.82, 2.24) is 4.98 Å². The van der Waals surface area contributed by atoms with Crippen molar-refractivity contribution in [2.75, 3.05) is 11.5 Å². The van der Waals surface area contributed by atoms with Crippen LogP contribution in [0.5, 0.6) is 5.75 Å². The van der Waals surface area contributed by atoms with E-state index in [9.17, 15) is 9.59 Å². The zero-order valence-electron chi connectivity index (χ0n) is 17.4. The van der Waals surface area contributed by atoms with Gasteiger partial charge >= 0.3 is 0 Å². The number of ketones is 1. The first kappa shape index (κ1) is 20.8. The second kappa shape index (κ2) is 7.99. The van der Waals surface area contributed by atoms with Crippen molar-refractivity contribution in [1.29, 1.82) is 0 Å². The van der Waals surface area contributed by atoms with Crippen LogP contribution in [0.1, 0.15) is 51.5 Å². The van der Waals surface area contributed by atoms with Gasteiger partial charge in [-0.05, 0) is 64.5 Å². The van der Waals surface area contributed by atoms with Crippen molar-refractivity contribution < 1.29 is 14.3 Å². The number of Topliss-reactive ketones (excluding diaryl/α,β-unsaturated/α-hetero) is 1. The molecule has 2 aromatic rings. The molecule has 0 bridgehead atoms. The smallest absolute Gasteiger partial charge is 0.233 e. The van der Waals surface area contributed by atoms with Crippen LogP contribution in [0.2, 0.25) is 0 Å². The third-order valence-corrected chi connectivity index (χ3v) is 6.15. The van der Waals surface area contributed by atoms with E-state index in [0.29, 0.717) is 25.3 Å². The molecule has 30 heavy (non-hydrogen) atoms. The van der Waals surface area contributed by atoms with Gasteiger partial charge in [0.05, 0.1) is 6.61 Å². The zero-order valence-corrected chi connectivity index (χ0v) is 19.0. The van der Waals surface area contributed by atoms with E-state index in [0.717, 1.165) is 27.1 Å². The van der Waals surface area contributed by atoms with E-state index in [1.54, 1.807) is 11.1 Å². The van der Waals surface area contributed by atoms with Crippen LogP contribution in [0.3, 0.4) is 0 Å². The lowest BCUT2D eigenvalue weighted by atomic mass is 9.69. The van der Waals surface area contributed by atoms with Crippen LogP contribution >= 0.6 is 15.9 Å². The van der Waals surface area contributed by atoms with E-state index in [4.69, 9.17) is 4.74 Å². The Morgan fingerprint density at radius 3 is 2.50 bits per heavy atom. The Hall–Kier alpha value is -2.47. The van der Waals surface area contributed by atoms with Crippen molar-refractivity contribution in [2.24, 2.45) is 5.41 Å². The van der Waals surface area contributed by atoms with Gasteiger partial charge in [0.25, 0.3) is 0 Å². The van der Waals surface area contributed by atoms with Gasteiger partial charge in [-0.3, -0.25) is 14.5 Å². The van der Waals surface area contributed by atoms with Crippen LogP contribution in [0, 0.1) is 5.41 Å². The maximum Gasteiger partial charge on any atom is 0.233 e. The summed E-state index contributed by atoms with van der Waals surface area (Å²) in [6, 6.07) is 11.4. The first-order chi connectivity index (χ1) is 14.3. The number of carbonyl (C=O) groups is 2. The number of allylic oxidation sites excluding steroid dienone is 2. The Bertz CT molecular complexity index is 1010. The standard InChI is InChI=1S/C24H25BrN2O3/c1-4-30-17-8-5-15(6-9-17)18-11-22(29)27(21-10-7-16(25)14-26-21)19-12-24(2,3)13-20(28)23(18)19/h5-10,14,18H,4,11-13H2,1-3H3. The average molecular weight is 469 g/mol. The highest BCUT2D eigenvalue weighted by molar-refractivity contribution is 9.10. The van der Waals surface area contributed by atoms with Crippen LogP contribution in [0.4, 0.5) is 5.82 Å². The van der Waals surface area contributed by atoms with Crippen molar-refractivity contribution in [2.45, 2.75) is 46.0 Å². The van der Waals surface area contributed by atoms with Gasteiger partial charge in [-0.15, -0.1) is 0 Å². The minimum atomic E-state index is -0.238. The molecule has 4 rings (SSSR count). The maximum atomic E-state index is 13.3. The summed E-state index contributed by atoms with van der Waals surface area (Å²) >= 11 is 3.40. The summed E-state index contributed by atoms with van der Waals surface area (Å²) in [4.78, 5) is 32.7. The number of nitrogens with zero attached hydrogens (tertiary/aromatic N) is 2. The SMILES string of the molecule is CCOc1ccc(C2CC(=O)N(c3ccc(Br)cn3)C3=C2C(=O)CC(C)(C)C3)cc1. The van der Waals surface area contributed by atoms with Crippen LogP contribution < -0.4 is 9.64 Å². The molecule has 6 heteroatoms. The molecule has 2 heterocycles. The third kappa shape index (κ3) is 3.93. The summed E-state index contributed by atoms with van der Waals surface area (Å²) in [5.74, 6) is 1.20. The van der Waals surface area contributed by atoms with Gasteiger partial charge in [-0.25, -0.2) is 4.98 Å². The minimum Gasteiger partial charge on any atom is -0.494 e. The molecule has 0 saturated carbocycles. The molecule has 0 spiro atoms.